The molecule has 0 aliphatic carbocycles. The Morgan fingerprint density at radius 2 is 1.93 bits per heavy atom. The van der Waals surface area contributed by atoms with Gasteiger partial charge in [-0.15, -0.1) is 11.3 Å². The molecule has 2 aliphatic heterocycles. The minimum Gasteiger partial charge on any atom is -0.486 e. The van der Waals surface area contributed by atoms with E-state index in [1.165, 1.54) is 17.4 Å². The number of fused-ring (bicyclic) bond motifs is 3. The first-order chi connectivity index (χ1) is 19.3. The second-order valence-electron chi connectivity index (χ2n) is 8.94. The van der Waals surface area contributed by atoms with Crippen molar-refractivity contribution < 1.29 is 18.3 Å². The number of carbonyl (C=O) groups excluding carboxylic acids is 1. The van der Waals surface area contributed by atoms with Gasteiger partial charge in [-0.2, -0.15) is 4.98 Å². The highest BCUT2D eigenvalue weighted by Gasteiger charge is 2.30. The van der Waals surface area contributed by atoms with Gasteiger partial charge in [-0.3, -0.25) is 14.2 Å². The Morgan fingerprint density at radius 1 is 1.12 bits per heavy atom. The number of halogens is 4. The molecule has 40 heavy (non-hydrogen) atoms. The molecule has 10 nitrogen and oxygen atoms in total. The molecule has 0 spiro atoms. The van der Waals surface area contributed by atoms with Gasteiger partial charge in [-0.25, -0.2) is 13.8 Å². The van der Waals surface area contributed by atoms with Gasteiger partial charge in [0.25, 0.3) is 5.56 Å². The average Bonchev–Trinajstić information content (AvgIpc) is 3.66. The van der Waals surface area contributed by atoms with Crippen LogP contribution in [0.1, 0.15) is 5.56 Å². The molecule has 206 valence electrons. The molecule has 0 atom stereocenters. The first-order valence-corrected chi connectivity index (χ1v) is 13.6. The molecule has 6 rings (SSSR count). The van der Waals surface area contributed by atoms with Crippen molar-refractivity contribution in [3.8, 4) is 17.0 Å². The largest absolute Gasteiger partial charge is 0.486 e. The van der Waals surface area contributed by atoms with Crippen LogP contribution < -0.4 is 31.1 Å². The van der Waals surface area contributed by atoms with Crippen molar-refractivity contribution in [2.24, 2.45) is 0 Å². The number of amides is 1. The van der Waals surface area contributed by atoms with Gasteiger partial charge in [0.1, 0.15) is 18.1 Å². The van der Waals surface area contributed by atoms with Crippen molar-refractivity contribution in [2.75, 3.05) is 40.6 Å². The van der Waals surface area contributed by atoms with Gasteiger partial charge >= 0.3 is 0 Å². The lowest BCUT2D eigenvalue weighted by Crippen LogP contribution is -2.35. The van der Waals surface area contributed by atoms with Crippen LogP contribution in [0.5, 0.6) is 5.75 Å². The second-order valence-corrected chi connectivity index (χ2v) is 10.6. The lowest BCUT2D eigenvalue weighted by atomic mass is 10.1. The zero-order valence-corrected chi connectivity index (χ0v) is 22.8. The number of hydrogen-bond acceptors (Lipinski definition) is 9. The van der Waals surface area contributed by atoms with Crippen molar-refractivity contribution in [2.45, 2.75) is 13.2 Å². The molecule has 3 N–H and O–H groups in total. The van der Waals surface area contributed by atoms with Crippen LogP contribution in [0, 0.1) is 11.6 Å². The Labute approximate surface area is 239 Å². The Bertz CT molecular complexity index is 1690. The van der Waals surface area contributed by atoms with E-state index in [-0.39, 0.29) is 34.9 Å². The molecule has 0 unspecified atom stereocenters. The molecule has 0 radical (unpaired) electrons. The number of carbonyl (C=O) groups is 1. The standard InChI is InChI=1S/C25H19Cl2F2N7O3S/c26-14-6-13(7-15(27)21(14)39-9-12-1-2-16(28)17(29)5-12)18-10-40-25(32-18)33-19(37)8-35-11-31-22-20(35)23(38)34-24-30-3-4-36(22)24/h1-2,5-7,10,31H,3-4,8-9,11H2,(H,30,34,38)(H,32,33,37). The highest BCUT2D eigenvalue weighted by atomic mass is 35.5. The van der Waals surface area contributed by atoms with Crippen LogP contribution in [-0.2, 0) is 17.9 Å². The molecule has 2 aromatic heterocycles. The van der Waals surface area contributed by atoms with Gasteiger partial charge in [-0.1, -0.05) is 29.3 Å². The summed E-state index contributed by atoms with van der Waals surface area (Å²) in [6.07, 6.45) is 0. The SMILES string of the molecule is O=C(CN1CNc2c1c(=O)nc1n2CCN1)Nc1nc(-c2cc(Cl)c(OCc3ccc(F)c(F)c3)c(Cl)c2)cs1. The fourth-order valence-corrected chi connectivity index (χ4v) is 5.78. The van der Waals surface area contributed by atoms with E-state index in [0.717, 1.165) is 12.1 Å². The summed E-state index contributed by atoms with van der Waals surface area (Å²) >= 11 is 14.0. The van der Waals surface area contributed by atoms with Gasteiger partial charge in [0.05, 0.1) is 29.0 Å². The quantitative estimate of drug-likeness (QED) is 0.276. The average molecular weight is 606 g/mol. The number of anilines is 4. The molecule has 4 heterocycles. The van der Waals surface area contributed by atoms with Crippen LogP contribution >= 0.6 is 34.5 Å². The van der Waals surface area contributed by atoms with Crippen LogP contribution in [0.15, 0.2) is 40.5 Å². The van der Waals surface area contributed by atoms with Gasteiger partial charge in [-0.05, 0) is 29.8 Å². The third-order valence-corrected chi connectivity index (χ3v) is 7.60. The number of rotatable bonds is 7. The lowest BCUT2D eigenvalue weighted by molar-refractivity contribution is -0.114. The van der Waals surface area contributed by atoms with Gasteiger partial charge < -0.3 is 25.6 Å². The summed E-state index contributed by atoms with van der Waals surface area (Å²) < 4.78 is 34.2. The molecule has 0 saturated heterocycles. The van der Waals surface area contributed by atoms with Crippen LogP contribution in [0.2, 0.25) is 10.0 Å². The Morgan fingerprint density at radius 3 is 2.70 bits per heavy atom. The van der Waals surface area contributed by atoms with E-state index in [2.05, 4.69) is 25.9 Å². The first-order valence-electron chi connectivity index (χ1n) is 12.0. The summed E-state index contributed by atoms with van der Waals surface area (Å²) in [6.45, 7) is 1.52. The maximum absolute atomic E-state index is 13.5. The Balaban J connectivity index is 1.12. The Kier molecular flexibility index (Phi) is 6.94. The van der Waals surface area contributed by atoms with Crippen molar-refractivity contribution in [1.29, 1.82) is 0 Å². The predicted molar refractivity (Wildman–Crippen MR) is 150 cm³/mol. The molecular formula is C25H19Cl2F2N7O3S. The van der Waals surface area contributed by atoms with Crippen molar-refractivity contribution in [3.63, 3.8) is 0 Å². The van der Waals surface area contributed by atoms with E-state index in [9.17, 15) is 18.4 Å². The highest BCUT2D eigenvalue weighted by Crippen LogP contribution is 2.39. The van der Waals surface area contributed by atoms with E-state index in [4.69, 9.17) is 27.9 Å². The number of nitrogens with zero attached hydrogens (tertiary/aromatic N) is 4. The van der Waals surface area contributed by atoms with Gasteiger partial charge in [0, 0.05) is 24.0 Å². The van der Waals surface area contributed by atoms with Crippen LogP contribution in [0.25, 0.3) is 11.3 Å². The number of ether oxygens (including phenoxy) is 1. The summed E-state index contributed by atoms with van der Waals surface area (Å²) in [7, 11) is 0. The minimum absolute atomic E-state index is 0.0676. The smallest absolute Gasteiger partial charge is 0.300 e. The summed E-state index contributed by atoms with van der Waals surface area (Å²) in [5.74, 6) is -0.928. The van der Waals surface area contributed by atoms with E-state index in [1.54, 1.807) is 22.4 Å². The predicted octanol–water partition coefficient (Wildman–Crippen LogP) is 4.78. The molecule has 2 aliphatic rings. The van der Waals surface area contributed by atoms with Crippen LogP contribution in [0.3, 0.4) is 0 Å². The number of aromatic nitrogens is 3. The molecule has 0 bridgehead atoms. The normalized spacial score (nSPS) is 13.4. The van der Waals surface area contributed by atoms with E-state index >= 15 is 0 Å². The van der Waals surface area contributed by atoms with Gasteiger partial charge in [0.15, 0.2) is 22.5 Å². The number of benzene rings is 2. The molecule has 0 saturated carbocycles. The molecule has 0 fully saturated rings. The Hall–Kier alpha value is -3.94. The first kappa shape index (κ1) is 26.3. The maximum atomic E-state index is 13.5. The zero-order valence-electron chi connectivity index (χ0n) is 20.4. The van der Waals surface area contributed by atoms with E-state index in [1.807, 2.05) is 4.57 Å². The summed E-state index contributed by atoms with van der Waals surface area (Å²) in [5.41, 5.74) is 1.47. The number of hydrogen-bond donors (Lipinski definition) is 3. The maximum Gasteiger partial charge on any atom is 0.300 e. The van der Waals surface area contributed by atoms with Crippen molar-refractivity contribution in [1.82, 2.24) is 14.5 Å². The molecule has 4 aromatic rings. The van der Waals surface area contributed by atoms with Gasteiger partial charge in [0.2, 0.25) is 11.9 Å². The molecular weight excluding hydrogens is 587 g/mol. The number of nitrogens with one attached hydrogen (secondary N) is 3. The minimum atomic E-state index is -0.978. The second kappa shape index (κ2) is 10.6. The lowest BCUT2D eigenvalue weighted by Gasteiger charge is -2.16. The van der Waals surface area contributed by atoms with Crippen LogP contribution in [0.4, 0.5) is 31.4 Å². The van der Waals surface area contributed by atoms with Crippen molar-refractivity contribution in [3.05, 3.63) is 73.3 Å². The fourth-order valence-electron chi connectivity index (χ4n) is 4.45. The van der Waals surface area contributed by atoms with Crippen LogP contribution in [-0.4, -0.2) is 40.2 Å². The third kappa shape index (κ3) is 5.03. The van der Waals surface area contributed by atoms with E-state index in [0.29, 0.717) is 59.2 Å². The summed E-state index contributed by atoms with van der Waals surface area (Å²) in [4.78, 5) is 35.5. The molecule has 1 amide bonds. The zero-order chi connectivity index (χ0) is 28.0. The fraction of sp³-hybridized carbons (Fsp3) is 0.200. The third-order valence-electron chi connectivity index (χ3n) is 6.28. The molecule has 15 heteroatoms. The monoisotopic (exact) mass is 605 g/mol. The summed E-state index contributed by atoms with van der Waals surface area (Å²) in [5, 5.41) is 11.5. The topological polar surface area (TPSA) is 113 Å². The highest BCUT2D eigenvalue weighted by molar-refractivity contribution is 7.14. The molecule has 2 aromatic carbocycles. The van der Waals surface area contributed by atoms with Crippen molar-refractivity contribution >= 4 is 63.0 Å². The number of thiazole rings is 1. The van der Waals surface area contributed by atoms with E-state index < -0.39 is 17.2 Å². The summed E-state index contributed by atoms with van der Waals surface area (Å²) in [6, 6.07) is 6.66.